The van der Waals surface area contributed by atoms with Gasteiger partial charge in [-0.2, -0.15) is 0 Å². The van der Waals surface area contributed by atoms with Gasteiger partial charge in [0.15, 0.2) is 11.5 Å². The van der Waals surface area contributed by atoms with Crippen molar-refractivity contribution in [3.63, 3.8) is 0 Å². The summed E-state index contributed by atoms with van der Waals surface area (Å²) in [4.78, 5) is 25.3. The van der Waals surface area contributed by atoms with Crippen molar-refractivity contribution in [2.24, 2.45) is 5.92 Å². The Morgan fingerprint density at radius 3 is 2.31 bits per heavy atom. The SMILES string of the molecule is COc1cc(CCC(=O)C(CCO)C(=O)CCCCCCc2cccc(O)c2)ccc1O. The van der Waals surface area contributed by atoms with Crippen molar-refractivity contribution in [1.29, 1.82) is 0 Å². The lowest BCUT2D eigenvalue weighted by molar-refractivity contribution is -0.133. The maximum atomic E-state index is 12.7. The number of methoxy groups -OCH3 is 1. The third kappa shape index (κ3) is 8.35. The number of phenolic OH excluding ortho intramolecular Hbond substituents is 2. The summed E-state index contributed by atoms with van der Waals surface area (Å²) < 4.78 is 5.09. The number of benzene rings is 2. The summed E-state index contributed by atoms with van der Waals surface area (Å²) in [5.74, 6) is -0.344. The maximum absolute atomic E-state index is 12.7. The normalized spacial score (nSPS) is 11.8. The van der Waals surface area contributed by atoms with Gasteiger partial charge in [0.1, 0.15) is 17.3 Å². The zero-order chi connectivity index (χ0) is 23.3. The molecular weight excluding hydrogens is 408 g/mol. The molecule has 32 heavy (non-hydrogen) atoms. The summed E-state index contributed by atoms with van der Waals surface area (Å²) in [5.41, 5.74) is 1.94. The summed E-state index contributed by atoms with van der Waals surface area (Å²) in [7, 11) is 1.46. The third-order valence-corrected chi connectivity index (χ3v) is 5.65. The summed E-state index contributed by atoms with van der Waals surface area (Å²) >= 11 is 0. The van der Waals surface area contributed by atoms with E-state index in [4.69, 9.17) is 4.74 Å². The van der Waals surface area contributed by atoms with Crippen LogP contribution in [0.25, 0.3) is 0 Å². The second-order valence-electron chi connectivity index (χ2n) is 8.09. The van der Waals surface area contributed by atoms with Crippen molar-refractivity contribution in [3.8, 4) is 17.2 Å². The Balaban J connectivity index is 1.74. The van der Waals surface area contributed by atoms with E-state index in [-0.39, 0.29) is 42.5 Å². The molecule has 0 amide bonds. The fourth-order valence-electron chi connectivity index (χ4n) is 3.82. The first-order chi connectivity index (χ1) is 15.4. The fraction of sp³-hybridized carbons (Fsp3) is 0.462. The van der Waals surface area contributed by atoms with Crippen LogP contribution < -0.4 is 4.74 Å². The van der Waals surface area contributed by atoms with E-state index in [0.717, 1.165) is 43.2 Å². The first kappa shape index (κ1) is 25.4. The average Bonchev–Trinajstić information content (AvgIpc) is 2.78. The van der Waals surface area contributed by atoms with Gasteiger partial charge < -0.3 is 20.1 Å². The van der Waals surface area contributed by atoms with Crippen molar-refractivity contribution in [3.05, 3.63) is 53.6 Å². The van der Waals surface area contributed by atoms with Gasteiger partial charge in [0, 0.05) is 19.4 Å². The number of unbranched alkanes of at least 4 members (excludes halogenated alkanes) is 3. The number of aryl methyl sites for hydroxylation is 2. The van der Waals surface area contributed by atoms with Crippen LogP contribution >= 0.6 is 0 Å². The van der Waals surface area contributed by atoms with Gasteiger partial charge in [-0.1, -0.05) is 31.0 Å². The van der Waals surface area contributed by atoms with Crippen molar-refractivity contribution < 1.29 is 29.6 Å². The Morgan fingerprint density at radius 1 is 0.875 bits per heavy atom. The van der Waals surface area contributed by atoms with Crippen LogP contribution in [0.3, 0.4) is 0 Å². The van der Waals surface area contributed by atoms with Crippen molar-refractivity contribution in [2.75, 3.05) is 13.7 Å². The molecular formula is C26H34O6. The van der Waals surface area contributed by atoms with Crippen LogP contribution in [0.15, 0.2) is 42.5 Å². The number of Topliss-reactive ketones (excluding diaryl/α,β-unsaturated/α-hetero) is 2. The number of carbonyl (C=O) groups excluding carboxylic acids is 2. The molecule has 0 radical (unpaired) electrons. The van der Waals surface area contributed by atoms with Gasteiger partial charge in [-0.15, -0.1) is 0 Å². The number of hydrogen-bond donors (Lipinski definition) is 3. The predicted octanol–water partition coefficient (Wildman–Crippen LogP) is 4.37. The van der Waals surface area contributed by atoms with Crippen molar-refractivity contribution in [1.82, 2.24) is 0 Å². The third-order valence-electron chi connectivity index (χ3n) is 5.65. The number of ketones is 2. The monoisotopic (exact) mass is 442 g/mol. The molecule has 0 aliphatic carbocycles. The highest BCUT2D eigenvalue weighted by Gasteiger charge is 2.25. The minimum atomic E-state index is -0.758. The van der Waals surface area contributed by atoms with Crippen molar-refractivity contribution in [2.45, 2.75) is 57.8 Å². The molecule has 0 bridgehead atoms. The van der Waals surface area contributed by atoms with Crippen molar-refractivity contribution >= 4 is 11.6 Å². The minimum Gasteiger partial charge on any atom is -0.508 e. The molecule has 1 atom stereocenters. The minimum absolute atomic E-state index is 0.0397. The van der Waals surface area contributed by atoms with E-state index in [9.17, 15) is 24.9 Å². The molecule has 6 nitrogen and oxygen atoms in total. The highest BCUT2D eigenvalue weighted by atomic mass is 16.5. The van der Waals surface area contributed by atoms with E-state index < -0.39 is 5.92 Å². The van der Waals surface area contributed by atoms with Crippen LogP contribution in [0.2, 0.25) is 0 Å². The molecule has 0 fully saturated rings. The molecule has 0 saturated carbocycles. The average molecular weight is 443 g/mol. The molecule has 2 aromatic rings. The Morgan fingerprint density at radius 2 is 1.59 bits per heavy atom. The van der Waals surface area contributed by atoms with Gasteiger partial charge in [-0.25, -0.2) is 0 Å². The number of phenols is 2. The molecule has 0 spiro atoms. The highest BCUT2D eigenvalue weighted by Crippen LogP contribution is 2.27. The number of ether oxygens (including phenoxy) is 1. The van der Waals surface area contributed by atoms with E-state index in [0.29, 0.717) is 18.6 Å². The lowest BCUT2D eigenvalue weighted by Gasteiger charge is -2.14. The van der Waals surface area contributed by atoms with Crippen LogP contribution in [0, 0.1) is 5.92 Å². The first-order valence-corrected chi connectivity index (χ1v) is 11.2. The largest absolute Gasteiger partial charge is 0.508 e. The second kappa shape index (κ2) is 13.5. The van der Waals surface area contributed by atoms with E-state index in [1.807, 2.05) is 12.1 Å². The van der Waals surface area contributed by atoms with E-state index >= 15 is 0 Å². The molecule has 2 rings (SSSR count). The Labute approximate surface area is 189 Å². The summed E-state index contributed by atoms with van der Waals surface area (Å²) in [6, 6.07) is 12.2. The summed E-state index contributed by atoms with van der Waals surface area (Å²) in [5, 5.41) is 28.5. The van der Waals surface area contributed by atoms with E-state index in [2.05, 4.69) is 0 Å². The second-order valence-corrected chi connectivity index (χ2v) is 8.09. The number of rotatable bonds is 15. The molecule has 0 aliphatic rings. The predicted molar refractivity (Wildman–Crippen MR) is 123 cm³/mol. The lowest BCUT2D eigenvalue weighted by atomic mass is 9.89. The fourth-order valence-corrected chi connectivity index (χ4v) is 3.82. The standard InChI is InChI=1S/C26H34O6/c1-32-26-18-20(12-14-25(26)31)11-13-24(30)22(15-16-27)23(29)10-5-3-2-4-7-19-8-6-9-21(28)17-19/h6,8-9,12,14,17-18,22,27-28,31H,2-5,7,10-11,13,15-16H2,1H3. The molecule has 0 aromatic heterocycles. The zero-order valence-corrected chi connectivity index (χ0v) is 18.8. The zero-order valence-electron chi connectivity index (χ0n) is 18.8. The number of aromatic hydroxyl groups is 2. The molecule has 6 heteroatoms. The quantitative estimate of drug-likeness (QED) is 0.279. The Kier molecular flexibility index (Phi) is 10.7. The molecule has 3 N–H and O–H groups in total. The van der Waals surface area contributed by atoms with Gasteiger partial charge in [0.05, 0.1) is 13.0 Å². The van der Waals surface area contributed by atoms with Crippen LogP contribution in [-0.4, -0.2) is 40.6 Å². The lowest BCUT2D eigenvalue weighted by Crippen LogP contribution is -2.25. The Hall–Kier alpha value is -2.86. The molecule has 0 saturated heterocycles. The molecule has 2 aromatic carbocycles. The van der Waals surface area contributed by atoms with E-state index in [1.165, 1.54) is 13.2 Å². The number of aliphatic hydroxyl groups is 1. The Bertz CT molecular complexity index is 876. The van der Waals surface area contributed by atoms with Gasteiger partial charge in [0.2, 0.25) is 0 Å². The van der Waals surface area contributed by atoms with E-state index in [1.54, 1.807) is 24.3 Å². The van der Waals surface area contributed by atoms with Crippen LogP contribution in [0.4, 0.5) is 0 Å². The number of carbonyl (C=O) groups is 2. The van der Waals surface area contributed by atoms with Gasteiger partial charge in [-0.05, 0) is 67.5 Å². The molecule has 0 heterocycles. The smallest absolute Gasteiger partial charge is 0.160 e. The topological polar surface area (TPSA) is 104 Å². The first-order valence-electron chi connectivity index (χ1n) is 11.2. The molecule has 1 unspecified atom stereocenters. The highest BCUT2D eigenvalue weighted by molar-refractivity contribution is 6.02. The number of aliphatic hydroxyl groups excluding tert-OH is 1. The van der Waals surface area contributed by atoms with Crippen LogP contribution in [0.5, 0.6) is 17.2 Å². The maximum Gasteiger partial charge on any atom is 0.160 e. The number of hydrogen-bond acceptors (Lipinski definition) is 6. The van der Waals surface area contributed by atoms with Gasteiger partial charge >= 0.3 is 0 Å². The summed E-state index contributed by atoms with van der Waals surface area (Å²) in [6.45, 7) is -0.195. The van der Waals surface area contributed by atoms with Crippen LogP contribution in [-0.2, 0) is 22.4 Å². The van der Waals surface area contributed by atoms with Crippen LogP contribution in [0.1, 0.15) is 56.1 Å². The molecule has 174 valence electrons. The van der Waals surface area contributed by atoms with Gasteiger partial charge in [0.25, 0.3) is 0 Å². The van der Waals surface area contributed by atoms with Gasteiger partial charge in [-0.3, -0.25) is 9.59 Å². The summed E-state index contributed by atoms with van der Waals surface area (Å²) in [6.07, 6.45) is 5.62. The molecule has 0 aliphatic heterocycles.